The molecule has 0 unspecified atom stereocenters. The SMILES string of the molecule is CC(C)n1cnnc1SCC/C=C/c1ccc(Br)cc1. The van der Waals surface area contributed by atoms with E-state index in [1.165, 1.54) is 5.56 Å². The fraction of sp³-hybridized carbons (Fsp3) is 0.333. The topological polar surface area (TPSA) is 30.7 Å². The Bertz CT molecular complexity index is 561. The molecule has 1 aromatic heterocycles. The van der Waals surface area contributed by atoms with Crippen LogP contribution in [0.2, 0.25) is 0 Å². The summed E-state index contributed by atoms with van der Waals surface area (Å²) >= 11 is 5.19. The molecule has 0 aliphatic heterocycles. The monoisotopic (exact) mass is 351 g/mol. The van der Waals surface area contributed by atoms with Crippen molar-refractivity contribution in [2.24, 2.45) is 0 Å². The Morgan fingerprint density at radius 3 is 2.75 bits per heavy atom. The summed E-state index contributed by atoms with van der Waals surface area (Å²) in [6.45, 7) is 4.28. The van der Waals surface area contributed by atoms with E-state index >= 15 is 0 Å². The first-order chi connectivity index (χ1) is 9.66. The van der Waals surface area contributed by atoms with Gasteiger partial charge in [0.2, 0.25) is 0 Å². The summed E-state index contributed by atoms with van der Waals surface area (Å²) in [7, 11) is 0. The number of thioether (sulfide) groups is 1. The number of nitrogens with zero attached hydrogens (tertiary/aromatic N) is 3. The third-order valence-corrected chi connectivity index (χ3v) is 4.31. The van der Waals surface area contributed by atoms with Gasteiger partial charge in [0, 0.05) is 16.3 Å². The van der Waals surface area contributed by atoms with Crippen molar-refractivity contribution in [3.8, 4) is 0 Å². The molecule has 20 heavy (non-hydrogen) atoms. The maximum absolute atomic E-state index is 4.15. The third-order valence-electron chi connectivity index (χ3n) is 2.79. The molecule has 1 aromatic carbocycles. The number of hydrogen-bond donors (Lipinski definition) is 0. The van der Waals surface area contributed by atoms with Gasteiger partial charge in [0.25, 0.3) is 0 Å². The van der Waals surface area contributed by atoms with Crippen molar-refractivity contribution in [3.05, 3.63) is 46.7 Å². The molecular formula is C15H18BrN3S. The Labute approximate surface area is 132 Å². The summed E-state index contributed by atoms with van der Waals surface area (Å²) in [5.41, 5.74) is 1.23. The van der Waals surface area contributed by atoms with Gasteiger partial charge in [-0.2, -0.15) is 0 Å². The van der Waals surface area contributed by atoms with Crippen molar-refractivity contribution < 1.29 is 0 Å². The predicted octanol–water partition coefficient (Wildman–Crippen LogP) is 4.82. The largest absolute Gasteiger partial charge is 0.306 e. The Hall–Kier alpha value is -1.07. The van der Waals surface area contributed by atoms with Gasteiger partial charge in [0.15, 0.2) is 5.16 Å². The van der Waals surface area contributed by atoms with Crippen LogP contribution in [-0.4, -0.2) is 20.5 Å². The molecule has 5 heteroatoms. The lowest BCUT2D eigenvalue weighted by atomic mass is 10.2. The Morgan fingerprint density at radius 2 is 2.05 bits per heavy atom. The van der Waals surface area contributed by atoms with Crippen LogP contribution in [0.5, 0.6) is 0 Å². The smallest absolute Gasteiger partial charge is 0.191 e. The van der Waals surface area contributed by atoms with Crippen LogP contribution in [0.4, 0.5) is 0 Å². The van der Waals surface area contributed by atoms with E-state index in [4.69, 9.17) is 0 Å². The quantitative estimate of drug-likeness (QED) is 0.552. The van der Waals surface area contributed by atoms with Crippen LogP contribution < -0.4 is 0 Å². The van der Waals surface area contributed by atoms with Crippen molar-refractivity contribution in [1.29, 1.82) is 0 Å². The lowest BCUT2D eigenvalue weighted by molar-refractivity contribution is 0.549. The molecule has 0 fully saturated rings. The summed E-state index contributed by atoms with van der Waals surface area (Å²) in [6.07, 6.45) is 7.17. The molecule has 0 saturated heterocycles. The molecule has 0 bridgehead atoms. The molecule has 0 radical (unpaired) electrons. The van der Waals surface area contributed by atoms with E-state index in [2.05, 4.69) is 81.0 Å². The zero-order chi connectivity index (χ0) is 14.4. The average Bonchev–Trinajstić information content (AvgIpc) is 2.89. The van der Waals surface area contributed by atoms with Gasteiger partial charge in [-0.05, 0) is 38.0 Å². The number of halogens is 1. The van der Waals surface area contributed by atoms with Gasteiger partial charge >= 0.3 is 0 Å². The fourth-order valence-electron chi connectivity index (χ4n) is 1.70. The van der Waals surface area contributed by atoms with Crippen LogP contribution in [0.1, 0.15) is 31.9 Å². The third kappa shape index (κ3) is 4.49. The second-order valence-corrected chi connectivity index (χ2v) is 6.68. The summed E-state index contributed by atoms with van der Waals surface area (Å²) in [5.74, 6) is 1.01. The minimum absolute atomic E-state index is 0.408. The van der Waals surface area contributed by atoms with Gasteiger partial charge in [-0.3, -0.25) is 0 Å². The first-order valence-corrected chi connectivity index (χ1v) is 8.39. The molecule has 0 aliphatic carbocycles. The minimum atomic E-state index is 0.408. The van der Waals surface area contributed by atoms with Crippen molar-refractivity contribution in [3.63, 3.8) is 0 Å². The molecule has 0 atom stereocenters. The molecular weight excluding hydrogens is 334 g/mol. The average molecular weight is 352 g/mol. The number of allylic oxidation sites excluding steroid dienone is 1. The summed E-state index contributed by atoms with van der Waals surface area (Å²) < 4.78 is 3.21. The van der Waals surface area contributed by atoms with Gasteiger partial charge in [0.1, 0.15) is 6.33 Å². The second-order valence-electron chi connectivity index (χ2n) is 4.71. The summed E-state index contributed by atoms with van der Waals surface area (Å²) in [5, 5.41) is 9.11. The maximum Gasteiger partial charge on any atom is 0.191 e. The van der Waals surface area contributed by atoms with Crippen LogP contribution in [0.25, 0.3) is 6.08 Å². The van der Waals surface area contributed by atoms with Crippen molar-refractivity contribution >= 4 is 33.8 Å². The highest BCUT2D eigenvalue weighted by Gasteiger charge is 2.06. The predicted molar refractivity (Wildman–Crippen MR) is 88.9 cm³/mol. The molecule has 0 spiro atoms. The summed E-state index contributed by atoms with van der Waals surface area (Å²) in [6, 6.07) is 8.72. The van der Waals surface area contributed by atoms with Crippen molar-refractivity contribution in [2.75, 3.05) is 5.75 Å². The first-order valence-electron chi connectivity index (χ1n) is 6.61. The van der Waals surface area contributed by atoms with Crippen LogP contribution in [0.3, 0.4) is 0 Å². The highest BCUT2D eigenvalue weighted by Crippen LogP contribution is 2.19. The van der Waals surface area contributed by atoms with E-state index in [1.807, 2.05) is 0 Å². The highest BCUT2D eigenvalue weighted by molar-refractivity contribution is 9.10. The standard InChI is InChI=1S/C15H18BrN3S/c1-12(2)19-11-17-18-15(19)20-10-4-3-5-13-6-8-14(16)9-7-13/h3,5-9,11-12H,4,10H2,1-2H3/b5-3+. The Balaban J connectivity index is 1.79. The highest BCUT2D eigenvalue weighted by atomic mass is 79.9. The fourth-order valence-corrected chi connectivity index (χ4v) is 2.91. The molecule has 2 aromatic rings. The molecule has 0 amide bonds. The number of rotatable bonds is 6. The van der Waals surface area contributed by atoms with E-state index in [0.717, 1.165) is 21.8 Å². The maximum atomic E-state index is 4.15. The van der Waals surface area contributed by atoms with Crippen molar-refractivity contribution in [1.82, 2.24) is 14.8 Å². The van der Waals surface area contributed by atoms with E-state index in [9.17, 15) is 0 Å². The van der Waals surface area contributed by atoms with E-state index in [1.54, 1.807) is 18.1 Å². The number of hydrogen-bond acceptors (Lipinski definition) is 3. The van der Waals surface area contributed by atoms with Gasteiger partial charge in [0.05, 0.1) is 0 Å². The normalized spacial score (nSPS) is 11.6. The zero-order valence-electron chi connectivity index (χ0n) is 11.7. The minimum Gasteiger partial charge on any atom is -0.306 e. The second kappa shape index (κ2) is 7.64. The lowest BCUT2D eigenvalue weighted by Gasteiger charge is -2.08. The first kappa shape index (κ1) is 15.3. The van der Waals surface area contributed by atoms with Crippen LogP contribution >= 0.6 is 27.7 Å². The summed E-state index contributed by atoms with van der Waals surface area (Å²) in [4.78, 5) is 0. The van der Waals surface area contributed by atoms with Crippen LogP contribution in [-0.2, 0) is 0 Å². The van der Waals surface area contributed by atoms with Gasteiger partial charge in [-0.1, -0.05) is 52.0 Å². The Kier molecular flexibility index (Phi) is 5.86. The van der Waals surface area contributed by atoms with Crippen molar-refractivity contribution in [2.45, 2.75) is 31.5 Å². The lowest BCUT2D eigenvalue weighted by Crippen LogP contribution is -2.01. The van der Waals surface area contributed by atoms with Crippen LogP contribution in [0.15, 0.2) is 46.3 Å². The van der Waals surface area contributed by atoms with Gasteiger partial charge in [-0.25, -0.2) is 0 Å². The Morgan fingerprint density at radius 1 is 1.30 bits per heavy atom. The molecule has 106 valence electrons. The van der Waals surface area contributed by atoms with E-state index in [-0.39, 0.29) is 0 Å². The molecule has 0 saturated carbocycles. The number of benzene rings is 1. The van der Waals surface area contributed by atoms with Gasteiger partial charge in [-0.15, -0.1) is 10.2 Å². The van der Waals surface area contributed by atoms with E-state index < -0.39 is 0 Å². The molecule has 1 heterocycles. The molecule has 0 N–H and O–H groups in total. The van der Waals surface area contributed by atoms with E-state index in [0.29, 0.717) is 6.04 Å². The van der Waals surface area contributed by atoms with Crippen LogP contribution in [0, 0.1) is 0 Å². The number of aromatic nitrogens is 3. The molecule has 2 rings (SSSR count). The van der Waals surface area contributed by atoms with Gasteiger partial charge < -0.3 is 4.57 Å². The zero-order valence-corrected chi connectivity index (χ0v) is 14.1. The molecule has 0 aliphatic rings. The molecule has 3 nitrogen and oxygen atoms in total.